The maximum Gasteiger partial charge on any atom is 0.257 e. The minimum absolute atomic E-state index is 0.149. The van der Waals surface area contributed by atoms with Crippen LogP contribution in [0.25, 0.3) is 0 Å². The average Bonchev–Trinajstić information content (AvgIpc) is 3.21. The number of carbonyl (C=O) groups excluding carboxylic acids is 1. The summed E-state index contributed by atoms with van der Waals surface area (Å²) in [5.41, 5.74) is 3.12. The maximum absolute atomic E-state index is 12.6. The Morgan fingerprint density at radius 3 is 2.70 bits per heavy atom. The van der Waals surface area contributed by atoms with Gasteiger partial charge in [-0.1, -0.05) is 72.5 Å². The number of aromatic nitrogens is 2. The molecule has 0 radical (unpaired) electrons. The van der Waals surface area contributed by atoms with Gasteiger partial charge in [0.1, 0.15) is 0 Å². The molecule has 5 nitrogen and oxygen atoms in total. The van der Waals surface area contributed by atoms with Crippen molar-refractivity contribution in [2.45, 2.75) is 36.4 Å². The predicted octanol–water partition coefficient (Wildman–Crippen LogP) is 5.31. The fourth-order valence-corrected chi connectivity index (χ4v) is 5.36. The van der Waals surface area contributed by atoms with Crippen LogP contribution < -0.4 is 5.32 Å². The third kappa shape index (κ3) is 5.90. The molecule has 30 heavy (non-hydrogen) atoms. The molecular weight excluding hydrogens is 412 g/mol. The minimum atomic E-state index is -0.149. The van der Waals surface area contributed by atoms with E-state index in [-0.39, 0.29) is 5.91 Å². The van der Waals surface area contributed by atoms with Crippen molar-refractivity contribution in [2.24, 2.45) is 5.92 Å². The molecule has 1 atom stereocenters. The number of rotatable bonds is 7. The van der Waals surface area contributed by atoms with Crippen LogP contribution in [-0.4, -0.2) is 34.1 Å². The second kappa shape index (κ2) is 10.2. The van der Waals surface area contributed by atoms with Crippen molar-refractivity contribution >= 4 is 34.1 Å². The molecule has 1 unspecified atom stereocenters. The molecule has 1 aliphatic rings. The van der Waals surface area contributed by atoms with Gasteiger partial charge >= 0.3 is 0 Å². The lowest BCUT2D eigenvalue weighted by Gasteiger charge is -2.30. The molecule has 0 spiro atoms. The topological polar surface area (TPSA) is 58.1 Å². The van der Waals surface area contributed by atoms with Crippen molar-refractivity contribution in [3.63, 3.8) is 0 Å². The zero-order valence-corrected chi connectivity index (χ0v) is 18.7. The third-order valence-electron chi connectivity index (χ3n) is 5.20. The normalized spacial score (nSPS) is 17.0. The van der Waals surface area contributed by atoms with Crippen molar-refractivity contribution in [1.29, 1.82) is 0 Å². The Hall–Kier alpha value is -2.22. The Balaban J connectivity index is 1.29. The van der Waals surface area contributed by atoms with Crippen LogP contribution in [0.2, 0.25) is 0 Å². The Labute approximate surface area is 185 Å². The van der Waals surface area contributed by atoms with Crippen LogP contribution in [0.5, 0.6) is 0 Å². The van der Waals surface area contributed by atoms with Crippen molar-refractivity contribution in [1.82, 2.24) is 15.1 Å². The van der Waals surface area contributed by atoms with Gasteiger partial charge in [0.25, 0.3) is 5.91 Å². The van der Waals surface area contributed by atoms with Crippen molar-refractivity contribution < 1.29 is 4.79 Å². The van der Waals surface area contributed by atoms with Gasteiger partial charge in [-0.2, -0.15) is 0 Å². The summed E-state index contributed by atoms with van der Waals surface area (Å²) in [5.74, 6) is 1.45. The van der Waals surface area contributed by atoms with Crippen LogP contribution in [0.15, 0.2) is 58.9 Å². The molecule has 1 amide bonds. The molecule has 0 aliphatic carbocycles. The van der Waals surface area contributed by atoms with Gasteiger partial charge in [-0.15, -0.1) is 10.2 Å². The second-order valence-electron chi connectivity index (χ2n) is 7.78. The number of hydrogen-bond donors (Lipinski definition) is 1. The van der Waals surface area contributed by atoms with Crippen LogP contribution in [0.4, 0.5) is 5.13 Å². The van der Waals surface area contributed by atoms with Gasteiger partial charge < -0.3 is 0 Å². The number of thioether (sulfide) groups is 1. The lowest BCUT2D eigenvalue weighted by molar-refractivity contribution is 0.102. The molecule has 1 saturated heterocycles. The number of hydrogen-bond acceptors (Lipinski definition) is 6. The molecule has 4 rings (SSSR count). The van der Waals surface area contributed by atoms with E-state index in [9.17, 15) is 4.79 Å². The summed E-state index contributed by atoms with van der Waals surface area (Å²) in [6.45, 7) is 5.58. The van der Waals surface area contributed by atoms with Gasteiger partial charge in [-0.25, -0.2) is 0 Å². The summed E-state index contributed by atoms with van der Waals surface area (Å²) >= 11 is 3.03. The van der Waals surface area contributed by atoms with E-state index in [1.54, 1.807) is 11.8 Å². The molecule has 3 aromatic rings. The molecule has 2 heterocycles. The highest BCUT2D eigenvalue weighted by Gasteiger charge is 2.16. The standard InChI is InChI=1S/C23H26N4OS2/c1-17-6-5-13-27(14-17)15-18-9-11-20(12-10-18)21(28)24-22-25-26-23(30-22)29-16-19-7-3-2-4-8-19/h2-4,7-12,17H,5-6,13-16H2,1H3,(H,24,25,28). The zero-order valence-electron chi connectivity index (χ0n) is 17.1. The van der Waals surface area contributed by atoms with E-state index in [4.69, 9.17) is 0 Å². The first-order valence-corrected chi connectivity index (χ1v) is 12.1. The number of likely N-dealkylation sites (tertiary alicyclic amines) is 1. The average molecular weight is 439 g/mol. The first kappa shape index (κ1) is 21.0. The molecule has 1 aliphatic heterocycles. The van der Waals surface area contributed by atoms with Gasteiger partial charge in [0.05, 0.1) is 0 Å². The lowest BCUT2D eigenvalue weighted by Crippen LogP contribution is -2.33. The van der Waals surface area contributed by atoms with Crippen LogP contribution in [0, 0.1) is 5.92 Å². The van der Waals surface area contributed by atoms with Crippen molar-refractivity contribution in [2.75, 3.05) is 18.4 Å². The molecular formula is C23H26N4OS2. The van der Waals surface area contributed by atoms with E-state index >= 15 is 0 Å². The molecule has 1 N–H and O–H groups in total. The molecule has 0 saturated carbocycles. The Bertz CT molecular complexity index is 959. The fourth-order valence-electron chi connectivity index (χ4n) is 3.66. The van der Waals surface area contributed by atoms with Gasteiger partial charge in [0, 0.05) is 24.4 Å². The SMILES string of the molecule is CC1CCCN(Cc2ccc(C(=O)Nc3nnc(SCc4ccccc4)s3)cc2)C1. The summed E-state index contributed by atoms with van der Waals surface area (Å²) < 4.78 is 0.847. The summed E-state index contributed by atoms with van der Waals surface area (Å²) in [4.78, 5) is 15.1. The van der Waals surface area contributed by atoms with Crippen LogP contribution in [0.3, 0.4) is 0 Å². The number of nitrogens with one attached hydrogen (secondary N) is 1. The number of piperidine rings is 1. The number of anilines is 1. The molecule has 2 aromatic carbocycles. The summed E-state index contributed by atoms with van der Waals surface area (Å²) in [6.07, 6.45) is 2.60. The lowest BCUT2D eigenvalue weighted by atomic mass is 9.99. The zero-order chi connectivity index (χ0) is 20.8. The predicted molar refractivity (Wildman–Crippen MR) is 124 cm³/mol. The highest BCUT2D eigenvalue weighted by Crippen LogP contribution is 2.28. The van der Waals surface area contributed by atoms with Crippen molar-refractivity contribution in [3.05, 3.63) is 71.3 Å². The number of nitrogens with zero attached hydrogens (tertiary/aromatic N) is 3. The van der Waals surface area contributed by atoms with Gasteiger partial charge in [0.2, 0.25) is 5.13 Å². The Kier molecular flexibility index (Phi) is 7.15. The quantitative estimate of drug-likeness (QED) is 0.400. The summed E-state index contributed by atoms with van der Waals surface area (Å²) in [5, 5.41) is 11.7. The minimum Gasteiger partial charge on any atom is -0.299 e. The van der Waals surface area contributed by atoms with E-state index in [2.05, 4.69) is 51.6 Å². The molecule has 0 bridgehead atoms. The molecule has 1 fully saturated rings. The summed E-state index contributed by atoms with van der Waals surface area (Å²) in [6, 6.07) is 18.1. The first-order valence-electron chi connectivity index (χ1n) is 10.3. The highest BCUT2D eigenvalue weighted by molar-refractivity contribution is 8.00. The first-order chi connectivity index (χ1) is 14.7. The smallest absolute Gasteiger partial charge is 0.257 e. The second-order valence-corrected chi connectivity index (χ2v) is 9.98. The van der Waals surface area contributed by atoms with Crippen molar-refractivity contribution in [3.8, 4) is 0 Å². The van der Waals surface area contributed by atoms with Crippen LogP contribution in [-0.2, 0) is 12.3 Å². The Morgan fingerprint density at radius 1 is 1.13 bits per heavy atom. The van der Waals surface area contributed by atoms with E-state index in [1.807, 2.05) is 30.3 Å². The third-order valence-corrected chi connectivity index (χ3v) is 7.24. The van der Waals surface area contributed by atoms with Gasteiger partial charge in [0.15, 0.2) is 4.34 Å². The number of amides is 1. The molecule has 1 aromatic heterocycles. The largest absolute Gasteiger partial charge is 0.299 e. The van der Waals surface area contributed by atoms with Crippen LogP contribution >= 0.6 is 23.1 Å². The van der Waals surface area contributed by atoms with E-state index in [0.717, 1.165) is 35.6 Å². The highest BCUT2D eigenvalue weighted by atomic mass is 32.2. The monoisotopic (exact) mass is 438 g/mol. The van der Waals surface area contributed by atoms with Crippen LogP contribution in [0.1, 0.15) is 41.3 Å². The molecule has 156 valence electrons. The van der Waals surface area contributed by atoms with E-state index in [1.165, 1.54) is 35.3 Å². The van der Waals surface area contributed by atoms with E-state index in [0.29, 0.717) is 10.7 Å². The van der Waals surface area contributed by atoms with Gasteiger partial charge in [-0.05, 0) is 48.6 Å². The van der Waals surface area contributed by atoms with Gasteiger partial charge in [-0.3, -0.25) is 15.0 Å². The number of benzene rings is 2. The maximum atomic E-state index is 12.6. The Morgan fingerprint density at radius 2 is 1.93 bits per heavy atom. The number of carbonyl (C=O) groups is 1. The molecule has 7 heteroatoms. The fraction of sp³-hybridized carbons (Fsp3) is 0.348. The van der Waals surface area contributed by atoms with E-state index < -0.39 is 0 Å². The summed E-state index contributed by atoms with van der Waals surface area (Å²) in [7, 11) is 0.